The van der Waals surface area contributed by atoms with Crippen LogP contribution >= 0.6 is 0 Å². The quantitative estimate of drug-likeness (QED) is 0.344. The van der Waals surface area contributed by atoms with E-state index in [1.54, 1.807) is 20.8 Å². The van der Waals surface area contributed by atoms with Gasteiger partial charge in [-0.15, -0.1) is 0 Å². The summed E-state index contributed by atoms with van der Waals surface area (Å²) in [6, 6.07) is 3.87. The van der Waals surface area contributed by atoms with Crippen LogP contribution in [0.15, 0.2) is 18.2 Å². The summed E-state index contributed by atoms with van der Waals surface area (Å²) in [6.45, 7) is 7.00. The molecule has 0 aliphatic heterocycles. The average Bonchev–Trinajstić information content (AvgIpc) is 2.42. The molecule has 0 N–H and O–H groups in total. The number of rotatable bonds is 6. The monoisotopic (exact) mass is 307 g/mol. The van der Waals surface area contributed by atoms with E-state index in [4.69, 9.17) is 4.74 Å². The van der Waals surface area contributed by atoms with E-state index in [0.717, 1.165) is 18.9 Å². The highest BCUT2D eigenvalue weighted by Crippen LogP contribution is 2.24. The summed E-state index contributed by atoms with van der Waals surface area (Å²) in [6.07, 6.45) is 1.92. The molecule has 0 saturated carbocycles. The van der Waals surface area contributed by atoms with E-state index in [2.05, 4.69) is 0 Å². The number of hydrogen-bond donors (Lipinski definition) is 0. The number of esters is 1. The Kier molecular flexibility index (Phi) is 5.79. The summed E-state index contributed by atoms with van der Waals surface area (Å²) in [5.41, 5.74) is -1.06. The molecule has 0 radical (unpaired) electrons. The number of carbonyl (C=O) groups excluding carboxylic acids is 2. The highest BCUT2D eigenvalue weighted by Gasteiger charge is 2.26. The van der Waals surface area contributed by atoms with Crippen molar-refractivity contribution < 1.29 is 19.2 Å². The van der Waals surface area contributed by atoms with Crippen molar-refractivity contribution in [3.63, 3.8) is 0 Å². The number of nitro groups is 1. The molecule has 1 aromatic carbocycles. The van der Waals surface area contributed by atoms with Crippen LogP contribution in [0.25, 0.3) is 0 Å². The molecule has 0 aliphatic carbocycles. The SMILES string of the molecule is CCCCC(=O)c1ccc(C(=O)OC(C)(C)C)c([N+](=O)[O-])c1. The van der Waals surface area contributed by atoms with Crippen molar-refractivity contribution >= 4 is 17.4 Å². The first kappa shape index (κ1) is 17.8. The molecule has 1 aromatic rings. The molecule has 1 rings (SSSR count). The molecule has 0 saturated heterocycles. The highest BCUT2D eigenvalue weighted by molar-refractivity contribution is 6.00. The molecule has 0 amide bonds. The topological polar surface area (TPSA) is 86.5 Å². The van der Waals surface area contributed by atoms with Crippen LogP contribution < -0.4 is 0 Å². The fourth-order valence-corrected chi connectivity index (χ4v) is 1.84. The van der Waals surface area contributed by atoms with Gasteiger partial charge in [0, 0.05) is 18.1 Å². The number of carbonyl (C=O) groups is 2. The highest BCUT2D eigenvalue weighted by atomic mass is 16.6. The Morgan fingerprint density at radius 1 is 1.27 bits per heavy atom. The number of hydrogen-bond acceptors (Lipinski definition) is 5. The molecular weight excluding hydrogens is 286 g/mol. The Morgan fingerprint density at radius 3 is 2.41 bits per heavy atom. The van der Waals surface area contributed by atoms with Gasteiger partial charge in [0.05, 0.1) is 4.92 Å². The van der Waals surface area contributed by atoms with Gasteiger partial charge in [0.15, 0.2) is 5.78 Å². The third kappa shape index (κ3) is 4.95. The Bertz CT molecular complexity index is 587. The van der Waals surface area contributed by atoms with Crippen LogP contribution in [0.2, 0.25) is 0 Å². The number of nitrogens with zero attached hydrogens (tertiary/aromatic N) is 1. The lowest BCUT2D eigenvalue weighted by Gasteiger charge is -2.19. The standard InChI is InChI=1S/C16H21NO5/c1-5-6-7-14(18)11-8-9-12(13(10-11)17(20)21)15(19)22-16(2,3)4/h8-10H,5-7H2,1-4H3. The van der Waals surface area contributed by atoms with E-state index in [9.17, 15) is 19.7 Å². The fraction of sp³-hybridized carbons (Fsp3) is 0.500. The van der Waals surface area contributed by atoms with Gasteiger partial charge in [-0.1, -0.05) is 19.4 Å². The molecule has 0 atom stereocenters. The van der Waals surface area contributed by atoms with Crippen molar-refractivity contribution in [3.8, 4) is 0 Å². The lowest BCUT2D eigenvalue weighted by molar-refractivity contribution is -0.385. The van der Waals surface area contributed by atoms with Gasteiger partial charge in [-0.25, -0.2) is 4.79 Å². The summed E-state index contributed by atoms with van der Waals surface area (Å²) >= 11 is 0. The summed E-state index contributed by atoms with van der Waals surface area (Å²) in [7, 11) is 0. The number of unbranched alkanes of at least 4 members (excludes halogenated alkanes) is 1. The molecule has 6 heteroatoms. The van der Waals surface area contributed by atoms with Crippen molar-refractivity contribution in [1.29, 1.82) is 0 Å². The maximum absolute atomic E-state index is 12.0. The maximum atomic E-state index is 12.0. The van der Waals surface area contributed by atoms with Crippen LogP contribution in [-0.4, -0.2) is 22.3 Å². The van der Waals surface area contributed by atoms with E-state index in [0.29, 0.717) is 6.42 Å². The minimum atomic E-state index is -0.772. The van der Waals surface area contributed by atoms with Gasteiger partial charge in [0.25, 0.3) is 5.69 Å². The van der Waals surface area contributed by atoms with Crippen molar-refractivity contribution in [2.45, 2.75) is 52.6 Å². The molecule has 0 unspecified atom stereocenters. The van der Waals surface area contributed by atoms with Gasteiger partial charge in [-0.3, -0.25) is 14.9 Å². The second kappa shape index (κ2) is 7.15. The Balaban J connectivity index is 3.13. The van der Waals surface area contributed by atoms with Gasteiger partial charge in [-0.05, 0) is 33.3 Å². The third-order valence-corrected chi connectivity index (χ3v) is 2.89. The second-order valence-electron chi connectivity index (χ2n) is 6.02. The minimum absolute atomic E-state index is 0.146. The fourth-order valence-electron chi connectivity index (χ4n) is 1.84. The Morgan fingerprint density at radius 2 is 1.91 bits per heavy atom. The number of benzene rings is 1. The summed E-state index contributed by atoms with van der Waals surface area (Å²) in [4.78, 5) is 34.5. The number of ether oxygens (including phenoxy) is 1. The van der Waals surface area contributed by atoms with E-state index in [-0.39, 0.29) is 16.9 Å². The molecular formula is C16H21NO5. The minimum Gasteiger partial charge on any atom is -0.456 e. The smallest absolute Gasteiger partial charge is 0.345 e. The van der Waals surface area contributed by atoms with E-state index < -0.39 is 22.2 Å². The predicted octanol–water partition coefficient (Wildman–Crippen LogP) is 3.92. The zero-order valence-corrected chi connectivity index (χ0v) is 13.3. The van der Waals surface area contributed by atoms with Gasteiger partial charge in [0.2, 0.25) is 0 Å². The molecule has 0 bridgehead atoms. The van der Waals surface area contributed by atoms with Gasteiger partial charge in [-0.2, -0.15) is 0 Å². The first-order valence-electron chi connectivity index (χ1n) is 7.20. The predicted molar refractivity (Wildman–Crippen MR) is 82.1 cm³/mol. The van der Waals surface area contributed by atoms with Crippen LogP contribution in [-0.2, 0) is 4.74 Å². The van der Waals surface area contributed by atoms with Crippen molar-refractivity contribution in [2.24, 2.45) is 0 Å². The summed E-state index contributed by atoms with van der Waals surface area (Å²) < 4.78 is 5.15. The molecule has 0 fully saturated rings. The van der Waals surface area contributed by atoms with Crippen LogP contribution in [0, 0.1) is 10.1 Å². The maximum Gasteiger partial charge on any atom is 0.345 e. The lowest BCUT2D eigenvalue weighted by atomic mass is 10.0. The molecule has 6 nitrogen and oxygen atoms in total. The summed E-state index contributed by atoms with van der Waals surface area (Å²) in [5, 5.41) is 11.2. The molecule has 120 valence electrons. The largest absolute Gasteiger partial charge is 0.456 e. The molecule has 22 heavy (non-hydrogen) atoms. The van der Waals surface area contributed by atoms with Crippen LogP contribution in [0.3, 0.4) is 0 Å². The number of nitro benzene ring substituents is 1. The number of ketones is 1. The summed E-state index contributed by atoms with van der Waals surface area (Å²) in [5.74, 6) is -0.938. The van der Waals surface area contributed by atoms with Crippen molar-refractivity contribution in [3.05, 3.63) is 39.4 Å². The first-order chi connectivity index (χ1) is 10.2. The first-order valence-corrected chi connectivity index (χ1v) is 7.20. The molecule has 0 aliphatic rings. The van der Waals surface area contributed by atoms with E-state index >= 15 is 0 Å². The van der Waals surface area contributed by atoms with Gasteiger partial charge < -0.3 is 4.74 Å². The zero-order chi connectivity index (χ0) is 16.9. The molecule has 0 aromatic heterocycles. The molecule has 0 spiro atoms. The van der Waals surface area contributed by atoms with Gasteiger partial charge >= 0.3 is 5.97 Å². The molecule has 0 heterocycles. The Hall–Kier alpha value is -2.24. The van der Waals surface area contributed by atoms with Crippen molar-refractivity contribution in [1.82, 2.24) is 0 Å². The Labute approximate surface area is 129 Å². The normalized spacial score (nSPS) is 11.1. The zero-order valence-electron chi connectivity index (χ0n) is 13.3. The van der Waals surface area contributed by atoms with E-state index in [1.807, 2.05) is 6.92 Å². The van der Waals surface area contributed by atoms with Crippen LogP contribution in [0.4, 0.5) is 5.69 Å². The van der Waals surface area contributed by atoms with Gasteiger partial charge in [0.1, 0.15) is 11.2 Å². The second-order valence-corrected chi connectivity index (χ2v) is 6.02. The van der Waals surface area contributed by atoms with E-state index in [1.165, 1.54) is 12.1 Å². The lowest BCUT2D eigenvalue weighted by Crippen LogP contribution is -2.24. The average molecular weight is 307 g/mol. The van der Waals surface area contributed by atoms with Crippen molar-refractivity contribution in [2.75, 3.05) is 0 Å². The number of Topliss-reactive ketones (excluding diaryl/α,β-unsaturated/α-hetero) is 1. The van der Waals surface area contributed by atoms with Crippen LogP contribution in [0.5, 0.6) is 0 Å². The van der Waals surface area contributed by atoms with Crippen LogP contribution in [0.1, 0.15) is 67.7 Å². The third-order valence-electron chi connectivity index (χ3n) is 2.89.